The molecule has 5 nitrogen and oxygen atoms in total. The molecule has 7 heteroatoms. The van der Waals surface area contributed by atoms with Gasteiger partial charge in [0.1, 0.15) is 0 Å². The van der Waals surface area contributed by atoms with E-state index in [1.54, 1.807) is 11.8 Å². The summed E-state index contributed by atoms with van der Waals surface area (Å²) in [5, 5.41) is 8.65. The van der Waals surface area contributed by atoms with Gasteiger partial charge in [-0.3, -0.25) is 0 Å². The highest BCUT2D eigenvalue weighted by atomic mass is 32.2. The second-order valence-corrected chi connectivity index (χ2v) is 9.15. The van der Waals surface area contributed by atoms with Crippen molar-refractivity contribution >= 4 is 21.6 Å². The Balaban J connectivity index is 1.41. The summed E-state index contributed by atoms with van der Waals surface area (Å²) in [7, 11) is -2.85. The number of hydrogen-bond donors (Lipinski definition) is 0. The van der Waals surface area contributed by atoms with Crippen LogP contribution in [0.25, 0.3) is 0 Å². The van der Waals surface area contributed by atoms with Crippen LogP contribution in [0.5, 0.6) is 0 Å². The van der Waals surface area contributed by atoms with Crippen molar-refractivity contribution in [1.29, 1.82) is 0 Å². The van der Waals surface area contributed by atoms with Crippen LogP contribution >= 0.6 is 11.8 Å². The van der Waals surface area contributed by atoms with Crippen LogP contribution in [0, 0.1) is 5.92 Å². The number of aromatic nitrogens is 2. The van der Waals surface area contributed by atoms with Crippen LogP contribution in [0.4, 0.5) is 0 Å². The van der Waals surface area contributed by atoms with Crippen molar-refractivity contribution < 1.29 is 12.8 Å². The number of hydrogen-bond acceptors (Lipinski definition) is 6. The number of benzene rings is 1. The Morgan fingerprint density at radius 3 is 2.78 bits per heavy atom. The smallest absolute Gasteiger partial charge is 0.276 e. The molecule has 0 N–H and O–H groups in total. The van der Waals surface area contributed by atoms with Crippen molar-refractivity contribution in [3.8, 4) is 0 Å². The molecule has 1 aromatic carbocycles. The average molecular weight is 352 g/mol. The molecule has 0 spiro atoms. The van der Waals surface area contributed by atoms with E-state index < -0.39 is 9.84 Å². The molecule has 1 aliphatic rings. The number of rotatable bonds is 7. The maximum absolute atomic E-state index is 11.5. The van der Waals surface area contributed by atoms with Crippen molar-refractivity contribution in [1.82, 2.24) is 10.2 Å². The summed E-state index contributed by atoms with van der Waals surface area (Å²) in [6, 6.07) is 10.4. The zero-order valence-corrected chi connectivity index (χ0v) is 14.5. The van der Waals surface area contributed by atoms with Gasteiger partial charge in [-0.15, -0.1) is 10.2 Å². The van der Waals surface area contributed by atoms with Crippen LogP contribution in [0.3, 0.4) is 0 Å². The monoisotopic (exact) mass is 352 g/mol. The molecule has 124 valence electrons. The minimum Gasteiger partial charge on any atom is -0.416 e. The molecule has 0 amide bonds. The predicted molar refractivity (Wildman–Crippen MR) is 90.2 cm³/mol. The first-order valence-electron chi connectivity index (χ1n) is 7.80. The quantitative estimate of drug-likeness (QED) is 0.563. The van der Waals surface area contributed by atoms with E-state index >= 15 is 0 Å². The van der Waals surface area contributed by atoms with Crippen LogP contribution in [-0.4, -0.2) is 35.9 Å². The van der Waals surface area contributed by atoms with Gasteiger partial charge in [-0.25, -0.2) is 8.42 Å². The molecule has 1 atom stereocenters. The van der Waals surface area contributed by atoms with Gasteiger partial charge in [0.25, 0.3) is 5.22 Å². The van der Waals surface area contributed by atoms with Gasteiger partial charge in [0.05, 0.1) is 11.5 Å². The fraction of sp³-hybridized carbons (Fsp3) is 0.500. The molecule has 1 saturated heterocycles. The Morgan fingerprint density at radius 1 is 1.22 bits per heavy atom. The van der Waals surface area contributed by atoms with E-state index in [-0.39, 0.29) is 17.4 Å². The van der Waals surface area contributed by atoms with Crippen molar-refractivity contribution in [2.75, 3.05) is 17.3 Å². The van der Waals surface area contributed by atoms with E-state index in [9.17, 15) is 8.42 Å². The Kier molecular flexibility index (Phi) is 5.38. The molecule has 1 aliphatic heterocycles. The van der Waals surface area contributed by atoms with Crippen LogP contribution < -0.4 is 0 Å². The topological polar surface area (TPSA) is 73.1 Å². The second-order valence-electron chi connectivity index (χ2n) is 5.87. The average Bonchev–Trinajstić information content (AvgIpc) is 3.11. The molecular formula is C16H20N2O3S2. The van der Waals surface area contributed by atoms with Gasteiger partial charge >= 0.3 is 0 Å². The largest absolute Gasteiger partial charge is 0.416 e. The Labute approximate surface area is 140 Å². The van der Waals surface area contributed by atoms with Crippen LogP contribution in [-0.2, 0) is 22.7 Å². The van der Waals surface area contributed by atoms with Crippen molar-refractivity contribution in [2.24, 2.45) is 5.92 Å². The molecule has 2 heterocycles. The summed E-state index contributed by atoms with van der Waals surface area (Å²) in [6.45, 7) is 0. The summed E-state index contributed by atoms with van der Waals surface area (Å²) in [6.07, 6.45) is 3.35. The van der Waals surface area contributed by atoms with Gasteiger partial charge in [-0.05, 0) is 30.7 Å². The highest BCUT2D eigenvalue weighted by Gasteiger charge is 2.29. The summed E-state index contributed by atoms with van der Waals surface area (Å²) >= 11 is 1.56. The highest BCUT2D eigenvalue weighted by Crippen LogP contribution is 2.24. The zero-order valence-electron chi connectivity index (χ0n) is 12.8. The molecular weight excluding hydrogens is 332 g/mol. The van der Waals surface area contributed by atoms with E-state index in [1.807, 2.05) is 6.07 Å². The number of thioether (sulfide) groups is 1. The fourth-order valence-electron chi connectivity index (χ4n) is 2.74. The lowest BCUT2D eigenvalue weighted by molar-refractivity contribution is 0.389. The van der Waals surface area contributed by atoms with Crippen LogP contribution in [0.1, 0.15) is 24.3 Å². The number of sulfone groups is 1. The van der Waals surface area contributed by atoms with Gasteiger partial charge in [0, 0.05) is 12.2 Å². The molecule has 0 bridgehead atoms. The third kappa shape index (κ3) is 5.07. The molecule has 0 radical (unpaired) electrons. The Hall–Kier alpha value is -1.34. The Bertz CT molecular complexity index is 729. The van der Waals surface area contributed by atoms with E-state index in [0.717, 1.165) is 18.6 Å². The molecule has 1 aromatic heterocycles. The molecule has 0 unspecified atom stereocenters. The summed E-state index contributed by atoms with van der Waals surface area (Å²) in [5.74, 6) is 2.13. The lowest BCUT2D eigenvalue weighted by Gasteiger charge is -2.02. The lowest BCUT2D eigenvalue weighted by atomic mass is 10.1. The Morgan fingerprint density at radius 2 is 2.04 bits per heavy atom. The first kappa shape index (κ1) is 16.5. The van der Waals surface area contributed by atoms with Gasteiger partial charge in [0.15, 0.2) is 9.84 Å². The molecule has 3 rings (SSSR count). The third-order valence-corrected chi connectivity index (χ3v) is 6.66. The van der Waals surface area contributed by atoms with Crippen molar-refractivity contribution in [3.63, 3.8) is 0 Å². The van der Waals surface area contributed by atoms with E-state index in [0.29, 0.717) is 24.0 Å². The zero-order chi connectivity index (χ0) is 16.1. The number of nitrogens with zero attached hydrogens (tertiary/aromatic N) is 2. The van der Waals surface area contributed by atoms with Gasteiger partial charge in [0.2, 0.25) is 5.89 Å². The van der Waals surface area contributed by atoms with E-state index in [1.165, 1.54) is 5.56 Å². The lowest BCUT2D eigenvalue weighted by Crippen LogP contribution is -2.07. The van der Waals surface area contributed by atoms with Gasteiger partial charge in [-0.1, -0.05) is 42.1 Å². The molecule has 1 fully saturated rings. The maximum Gasteiger partial charge on any atom is 0.276 e. The van der Waals surface area contributed by atoms with E-state index in [4.69, 9.17) is 4.42 Å². The normalized spacial score (nSPS) is 19.9. The summed E-state index contributed by atoms with van der Waals surface area (Å²) in [5.41, 5.74) is 1.33. The summed E-state index contributed by atoms with van der Waals surface area (Å²) in [4.78, 5) is 0. The molecule has 0 saturated carbocycles. The van der Waals surface area contributed by atoms with Crippen molar-refractivity contribution in [3.05, 3.63) is 41.8 Å². The minimum atomic E-state index is -2.85. The third-order valence-electron chi connectivity index (χ3n) is 3.92. The first-order valence-corrected chi connectivity index (χ1v) is 10.6. The maximum atomic E-state index is 11.5. The predicted octanol–water partition coefficient (Wildman–Crippen LogP) is 2.77. The molecule has 2 aromatic rings. The van der Waals surface area contributed by atoms with Crippen molar-refractivity contribution in [2.45, 2.75) is 30.9 Å². The van der Waals surface area contributed by atoms with Gasteiger partial charge < -0.3 is 4.42 Å². The highest BCUT2D eigenvalue weighted by molar-refractivity contribution is 7.99. The molecule has 23 heavy (non-hydrogen) atoms. The van der Waals surface area contributed by atoms with Crippen LogP contribution in [0.15, 0.2) is 40.0 Å². The number of aryl methyl sites for hydroxylation is 1. The minimum absolute atomic E-state index is 0.122. The second kappa shape index (κ2) is 7.49. The SMILES string of the molecule is O=S1(=O)CC[C@H](Cc2nnc(SCCCc3ccccc3)o2)C1. The van der Waals surface area contributed by atoms with E-state index in [2.05, 4.69) is 34.5 Å². The van der Waals surface area contributed by atoms with Crippen LogP contribution in [0.2, 0.25) is 0 Å². The fourth-order valence-corrected chi connectivity index (χ4v) is 5.32. The summed E-state index contributed by atoms with van der Waals surface area (Å²) < 4.78 is 28.5. The molecule has 0 aliphatic carbocycles. The first-order chi connectivity index (χ1) is 11.1. The standard InChI is InChI=1S/C16H20N2O3S2/c19-23(20)10-8-14(12-23)11-15-17-18-16(21-15)22-9-4-7-13-5-2-1-3-6-13/h1-3,5-6,14H,4,7-12H2/t14-/m1/s1. The van der Waals surface area contributed by atoms with Gasteiger partial charge in [-0.2, -0.15) is 0 Å².